The number of hydrogen-bond donors (Lipinski definition) is 2. The van der Waals surface area contributed by atoms with Gasteiger partial charge in [0, 0.05) is 18.7 Å². The predicted octanol–water partition coefficient (Wildman–Crippen LogP) is 4.71. The van der Waals surface area contributed by atoms with Crippen molar-refractivity contribution in [2.24, 2.45) is 18.9 Å². The number of sulfone groups is 1. The third-order valence-corrected chi connectivity index (χ3v) is 9.70. The van der Waals surface area contributed by atoms with Crippen LogP contribution in [-0.2, 0) is 16.9 Å². The standard InChI is InChI=1S/C26H26ClF2N3O4S/c1-32-14-30-23(24(32)25(33)31-19-4-7-22(29)21(27)10-19)15-8-16-11-26(34,12-17(16)9-15)13-37(35,36)20-5-2-18(28)3-6-20/h2-7,10,14-17,34H,8-9,11-13H2,1H3,(H,31,33). The van der Waals surface area contributed by atoms with E-state index < -0.39 is 38.7 Å². The maximum Gasteiger partial charge on any atom is 0.274 e. The molecule has 2 aliphatic rings. The zero-order valence-corrected chi connectivity index (χ0v) is 21.6. The second-order valence-corrected chi connectivity index (χ2v) is 12.6. The van der Waals surface area contributed by atoms with E-state index in [-0.39, 0.29) is 27.7 Å². The van der Waals surface area contributed by atoms with Crippen LogP contribution in [0.2, 0.25) is 5.02 Å². The average molecular weight is 550 g/mol. The van der Waals surface area contributed by atoms with Crippen LogP contribution >= 0.6 is 11.6 Å². The lowest BCUT2D eigenvalue weighted by Crippen LogP contribution is -2.35. The Kier molecular flexibility index (Phi) is 6.62. The summed E-state index contributed by atoms with van der Waals surface area (Å²) in [5.74, 6) is -1.75. The molecule has 37 heavy (non-hydrogen) atoms. The number of fused-ring (bicyclic) bond motifs is 1. The molecule has 3 aromatic rings. The van der Waals surface area contributed by atoms with Gasteiger partial charge >= 0.3 is 0 Å². The minimum absolute atomic E-state index is 0.0103. The molecule has 1 amide bonds. The molecule has 2 fully saturated rings. The van der Waals surface area contributed by atoms with Crippen LogP contribution in [0.3, 0.4) is 0 Å². The Hall–Kier alpha value is -2.82. The Balaban J connectivity index is 1.28. The topological polar surface area (TPSA) is 101 Å². The number of nitrogens with zero attached hydrogens (tertiary/aromatic N) is 2. The Morgan fingerprint density at radius 3 is 2.43 bits per heavy atom. The van der Waals surface area contributed by atoms with E-state index in [1.54, 1.807) is 17.9 Å². The summed E-state index contributed by atoms with van der Waals surface area (Å²) in [6, 6.07) is 8.56. The van der Waals surface area contributed by atoms with Gasteiger partial charge in [0.2, 0.25) is 0 Å². The van der Waals surface area contributed by atoms with Crippen molar-refractivity contribution in [2.45, 2.75) is 42.1 Å². The SMILES string of the molecule is Cn1cnc(C2CC3CC(O)(CS(=O)(=O)c4ccc(F)cc4)CC3C2)c1C(=O)Nc1ccc(F)c(Cl)c1. The normalized spacial score (nSPS) is 25.3. The molecule has 2 aliphatic carbocycles. The van der Waals surface area contributed by atoms with Gasteiger partial charge in [-0.1, -0.05) is 11.6 Å². The van der Waals surface area contributed by atoms with E-state index in [1.165, 1.54) is 30.3 Å². The number of aromatic nitrogens is 2. The Morgan fingerprint density at radius 1 is 1.16 bits per heavy atom. The van der Waals surface area contributed by atoms with E-state index in [0.717, 1.165) is 12.1 Å². The van der Waals surface area contributed by atoms with E-state index >= 15 is 0 Å². The third-order valence-electron chi connectivity index (χ3n) is 7.50. The summed E-state index contributed by atoms with van der Waals surface area (Å²) in [6.07, 6.45) is 3.57. The summed E-state index contributed by atoms with van der Waals surface area (Å²) in [5, 5.41) is 13.8. The molecule has 1 aromatic heterocycles. The number of hydrogen-bond acceptors (Lipinski definition) is 5. The molecule has 0 saturated heterocycles. The second kappa shape index (κ2) is 9.49. The highest BCUT2D eigenvalue weighted by Gasteiger charge is 2.51. The quantitative estimate of drug-likeness (QED) is 0.434. The highest BCUT2D eigenvalue weighted by atomic mass is 35.5. The van der Waals surface area contributed by atoms with Crippen molar-refractivity contribution in [3.63, 3.8) is 0 Å². The molecule has 2 N–H and O–H groups in total. The van der Waals surface area contributed by atoms with Crippen LogP contribution in [0.25, 0.3) is 0 Å². The molecule has 7 nitrogen and oxygen atoms in total. The fourth-order valence-electron chi connectivity index (χ4n) is 5.98. The van der Waals surface area contributed by atoms with E-state index in [2.05, 4.69) is 10.3 Å². The van der Waals surface area contributed by atoms with Gasteiger partial charge in [-0.15, -0.1) is 0 Å². The first-order valence-electron chi connectivity index (χ1n) is 11.9. The minimum atomic E-state index is -3.78. The Labute approximate surface area is 218 Å². The highest BCUT2D eigenvalue weighted by molar-refractivity contribution is 7.91. The number of anilines is 1. The molecule has 0 radical (unpaired) electrons. The van der Waals surface area contributed by atoms with Crippen molar-refractivity contribution in [2.75, 3.05) is 11.1 Å². The number of amides is 1. The lowest BCUT2D eigenvalue weighted by molar-refractivity contribution is 0.0611. The van der Waals surface area contributed by atoms with Crippen molar-refractivity contribution in [1.29, 1.82) is 0 Å². The lowest BCUT2D eigenvalue weighted by atomic mass is 9.93. The monoisotopic (exact) mass is 549 g/mol. The van der Waals surface area contributed by atoms with Gasteiger partial charge in [-0.2, -0.15) is 0 Å². The predicted molar refractivity (Wildman–Crippen MR) is 134 cm³/mol. The van der Waals surface area contributed by atoms with Gasteiger partial charge in [0.25, 0.3) is 5.91 Å². The number of imidazole rings is 1. The molecule has 2 aromatic carbocycles. The van der Waals surface area contributed by atoms with Crippen LogP contribution in [0.15, 0.2) is 53.7 Å². The van der Waals surface area contributed by atoms with Gasteiger partial charge in [-0.3, -0.25) is 4.79 Å². The zero-order valence-electron chi connectivity index (χ0n) is 20.0. The van der Waals surface area contributed by atoms with Crippen LogP contribution in [0.4, 0.5) is 14.5 Å². The zero-order chi connectivity index (χ0) is 26.5. The van der Waals surface area contributed by atoms with Crippen molar-refractivity contribution < 1.29 is 27.1 Å². The molecule has 2 atom stereocenters. The largest absolute Gasteiger partial charge is 0.389 e. The molecule has 2 unspecified atom stereocenters. The van der Waals surface area contributed by atoms with Gasteiger partial charge in [-0.05, 0) is 80.0 Å². The van der Waals surface area contributed by atoms with Crippen LogP contribution < -0.4 is 5.32 Å². The van der Waals surface area contributed by atoms with Crippen LogP contribution in [0.1, 0.15) is 47.8 Å². The van der Waals surface area contributed by atoms with E-state index in [4.69, 9.17) is 11.6 Å². The summed E-state index contributed by atoms with van der Waals surface area (Å²) in [6.45, 7) is 0. The van der Waals surface area contributed by atoms with Crippen LogP contribution in [0.5, 0.6) is 0 Å². The number of carbonyl (C=O) groups excluding carboxylic acids is 1. The van der Waals surface area contributed by atoms with Crippen molar-refractivity contribution in [3.05, 3.63) is 76.8 Å². The first-order chi connectivity index (χ1) is 17.4. The number of benzene rings is 2. The molecular formula is C26H26ClF2N3O4S. The molecule has 0 bridgehead atoms. The summed E-state index contributed by atoms with van der Waals surface area (Å²) >= 11 is 5.83. The molecule has 5 rings (SSSR count). The fourth-order valence-corrected chi connectivity index (χ4v) is 7.82. The van der Waals surface area contributed by atoms with Gasteiger partial charge in [-0.25, -0.2) is 22.2 Å². The number of carbonyl (C=O) groups is 1. The molecule has 196 valence electrons. The Bertz CT molecular complexity index is 1440. The fraction of sp³-hybridized carbons (Fsp3) is 0.385. The molecular weight excluding hydrogens is 524 g/mol. The molecule has 0 spiro atoms. The van der Waals surface area contributed by atoms with Gasteiger partial charge in [0.05, 0.1) is 33.3 Å². The van der Waals surface area contributed by atoms with Crippen molar-refractivity contribution in [1.82, 2.24) is 9.55 Å². The van der Waals surface area contributed by atoms with E-state index in [9.17, 15) is 27.1 Å². The molecule has 11 heteroatoms. The van der Waals surface area contributed by atoms with Crippen LogP contribution in [0, 0.1) is 23.5 Å². The van der Waals surface area contributed by atoms with Crippen LogP contribution in [-0.4, -0.2) is 40.3 Å². The number of nitrogens with one attached hydrogen (secondary N) is 1. The number of rotatable bonds is 6. The van der Waals surface area contributed by atoms with Gasteiger partial charge in [0.1, 0.15) is 17.3 Å². The maximum atomic E-state index is 13.5. The summed E-state index contributed by atoms with van der Waals surface area (Å²) < 4.78 is 54.0. The lowest BCUT2D eigenvalue weighted by Gasteiger charge is -2.24. The first kappa shape index (κ1) is 25.8. The molecule has 0 aliphatic heterocycles. The first-order valence-corrected chi connectivity index (χ1v) is 14.0. The maximum absolute atomic E-state index is 13.5. The van der Waals surface area contributed by atoms with Gasteiger partial charge in [0.15, 0.2) is 9.84 Å². The molecule has 1 heterocycles. The average Bonchev–Trinajstić information content (AvgIpc) is 3.46. The van der Waals surface area contributed by atoms with Crippen molar-refractivity contribution >= 4 is 33.0 Å². The number of aryl methyl sites for hydroxylation is 1. The molecule has 2 saturated carbocycles. The second-order valence-electron chi connectivity index (χ2n) is 10.2. The van der Waals surface area contributed by atoms with Crippen molar-refractivity contribution in [3.8, 4) is 0 Å². The number of aliphatic hydroxyl groups is 1. The third kappa shape index (κ3) is 5.15. The smallest absolute Gasteiger partial charge is 0.274 e. The minimum Gasteiger partial charge on any atom is -0.389 e. The van der Waals surface area contributed by atoms with Gasteiger partial charge < -0.3 is 15.0 Å². The number of halogens is 3. The summed E-state index contributed by atoms with van der Waals surface area (Å²) in [7, 11) is -2.06. The summed E-state index contributed by atoms with van der Waals surface area (Å²) in [4.78, 5) is 17.6. The summed E-state index contributed by atoms with van der Waals surface area (Å²) in [5.41, 5.74) is 0.0311. The van der Waals surface area contributed by atoms with E-state index in [1.807, 2.05) is 0 Å². The van der Waals surface area contributed by atoms with E-state index in [0.29, 0.717) is 42.8 Å². The highest BCUT2D eigenvalue weighted by Crippen LogP contribution is 2.54. The Morgan fingerprint density at radius 2 is 1.81 bits per heavy atom.